The molecule has 0 aliphatic heterocycles. The number of ether oxygens (including phenoxy) is 1. The number of methoxy groups -OCH3 is 1. The van der Waals surface area contributed by atoms with Gasteiger partial charge in [0.2, 0.25) is 0 Å². The van der Waals surface area contributed by atoms with Crippen molar-refractivity contribution in [3.63, 3.8) is 0 Å². The summed E-state index contributed by atoms with van der Waals surface area (Å²) in [5.74, 6) is -0.905. The molecule has 0 saturated heterocycles. The number of aromatic nitrogens is 3. The second-order valence-corrected chi connectivity index (χ2v) is 5.95. The normalized spacial score (nSPS) is 11.9. The lowest BCUT2D eigenvalue weighted by molar-refractivity contribution is -0.133. The smallest absolute Gasteiger partial charge is 0.313 e. The molecule has 6 nitrogen and oxygen atoms in total. The molecule has 0 unspecified atom stereocenters. The number of rotatable bonds is 6. The lowest BCUT2D eigenvalue weighted by Crippen LogP contribution is -2.32. The molecule has 0 aliphatic carbocycles. The number of hydrogen-bond acceptors (Lipinski definition) is 5. The lowest BCUT2D eigenvalue weighted by atomic mass is 10.1. The van der Waals surface area contributed by atoms with E-state index < -0.39 is 5.97 Å². The monoisotopic (exact) mass is 295 g/mol. The van der Waals surface area contributed by atoms with Gasteiger partial charge in [0.25, 0.3) is 0 Å². The Hall–Kier alpha value is -1.60. The van der Waals surface area contributed by atoms with Crippen molar-refractivity contribution in [3.05, 3.63) is 18.3 Å². The van der Waals surface area contributed by atoms with Crippen molar-refractivity contribution in [1.29, 1.82) is 0 Å². The van der Waals surface area contributed by atoms with Gasteiger partial charge in [0, 0.05) is 13.3 Å². The summed E-state index contributed by atoms with van der Waals surface area (Å²) in [4.78, 5) is 19.6. The third-order valence-corrected chi connectivity index (χ3v) is 3.74. The van der Waals surface area contributed by atoms with Crippen molar-refractivity contribution in [2.45, 2.75) is 24.5 Å². The number of fused-ring (bicyclic) bond motifs is 1. The van der Waals surface area contributed by atoms with Gasteiger partial charge in [0.15, 0.2) is 10.8 Å². The summed E-state index contributed by atoms with van der Waals surface area (Å²) in [5.41, 5.74) is 1.13. The Bertz CT molecular complexity index is 624. The minimum atomic E-state index is -0.869. The number of carbonyl (C=O) groups is 1. The number of pyridine rings is 1. The summed E-state index contributed by atoms with van der Waals surface area (Å²) in [6.07, 6.45) is 1.70. The first-order valence-corrected chi connectivity index (χ1v) is 7.12. The minimum Gasteiger partial charge on any atom is -0.481 e. The molecule has 0 aliphatic rings. The summed E-state index contributed by atoms with van der Waals surface area (Å²) in [5, 5.41) is 9.49. The van der Waals surface area contributed by atoms with Crippen LogP contribution >= 0.6 is 11.8 Å². The summed E-state index contributed by atoms with van der Waals surface area (Å²) >= 11 is 1.19. The molecule has 7 heteroatoms. The van der Waals surface area contributed by atoms with Crippen LogP contribution in [0.25, 0.3) is 11.2 Å². The first-order valence-electron chi connectivity index (χ1n) is 6.13. The van der Waals surface area contributed by atoms with E-state index in [0.717, 1.165) is 11.2 Å². The Labute approximate surface area is 121 Å². The highest BCUT2D eigenvalue weighted by molar-refractivity contribution is 7.99. The topological polar surface area (TPSA) is 77.2 Å². The van der Waals surface area contributed by atoms with Crippen molar-refractivity contribution in [2.75, 3.05) is 19.5 Å². The molecule has 0 saturated carbocycles. The highest BCUT2D eigenvalue weighted by Gasteiger charge is 2.27. The van der Waals surface area contributed by atoms with Gasteiger partial charge in [-0.05, 0) is 26.0 Å². The molecule has 0 bridgehead atoms. The second-order valence-electron chi connectivity index (χ2n) is 5.00. The fraction of sp³-hybridized carbons (Fsp3) is 0.462. The van der Waals surface area contributed by atoms with Crippen LogP contribution in [0.1, 0.15) is 13.8 Å². The van der Waals surface area contributed by atoms with E-state index in [2.05, 4.69) is 9.97 Å². The quantitative estimate of drug-likeness (QED) is 0.821. The predicted molar refractivity (Wildman–Crippen MR) is 77.1 cm³/mol. The fourth-order valence-corrected chi connectivity index (χ4v) is 2.96. The molecule has 20 heavy (non-hydrogen) atoms. The minimum absolute atomic E-state index is 0.0353. The maximum Gasteiger partial charge on any atom is 0.313 e. The molecule has 2 heterocycles. The Morgan fingerprint density at radius 2 is 2.30 bits per heavy atom. The molecular formula is C13H17N3O3S. The SMILES string of the molecule is COCC(C)(C)n1c(SCC(=O)O)nc2cccnc21. The van der Waals surface area contributed by atoms with Crippen LogP contribution in [0.15, 0.2) is 23.5 Å². The molecule has 0 radical (unpaired) electrons. The highest BCUT2D eigenvalue weighted by atomic mass is 32.2. The summed E-state index contributed by atoms with van der Waals surface area (Å²) in [6, 6.07) is 3.68. The molecule has 0 spiro atoms. The van der Waals surface area contributed by atoms with Crippen LogP contribution in [0.4, 0.5) is 0 Å². The van der Waals surface area contributed by atoms with E-state index in [-0.39, 0.29) is 11.3 Å². The Morgan fingerprint density at radius 3 is 2.95 bits per heavy atom. The van der Waals surface area contributed by atoms with Gasteiger partial charge in [-0.15, -0.1) is 0 Å². The Kier molecular flexibility index (Phi) is 4.29. The van der Waals surface area contributed by atoms with E-state index in [1.165, 1.54) is 11.8 Å². The van der Waals surface area contributed by atoms with Gasteiger partial charge in [-0.2, -0.15) is 0 Å². The van der Waals surface area contributed by atoms with Crippen molar-refractivity contribution < 1.29 is 14.6 Å². The Morgan fingerprint density at radius 1 is 1.55 bits per heavy atom. The number of imidazole rings is 1. The van der Waals surface area contributed by atoms with Crippen molar-refractivity contribution in [2.24, 2.45) is 0 Å². The lowest BCUT2D eigenvalue weighted by Gasteiger charge is -2.27. The van der Waals surface area contributed by atoms with Gasteiger partial charge in [-0.25, -0.2) is 9.97 Å². The van der Waals surface area contributed by atoms with Crippen molar-refractivity contribution in [3.8, 4) is 0 Å². The molecule has 0 aromatic carbocycles. The zero-order valence-corrected chi connectivity index (χ0v) is 12.5. The van der Waals surface area contributed by atoms with Crippen LogP contribution in [0.3, 0.4) is 0 Å². The third-order valence-electron chi connectivity index (χ3n) is 2.81. The van der Waals surface area contributed by atoms with Crippen LogP contribution in [0.2, 0.25) is 0 Å². The molecule has 1 N–H and O–H groups in total. The third kappa shape index (κ3) is 2.94. The molecule has 0 fully saturated rings. The molecular weight excluding hydrogens is 278 g/mol. The van der Waals surface area contributed by atoms with E-state index in [1.807, 2.05) is 30.5 Å². The fourth-order valence-electron chi connectivity index (χ4n) is 2.08. The summed E-state index contributed by atoms with van der Waals surface area (Å²) in [7, 11) is 1.64. The van der Waals surface area contributed by atoms with Crippen LogP contribution in [0, 0.1) is 0 Å². The van der Waals surface area contributed by atoms with E-state index in [0.29, 0.717) is 11.8 Å². The van der Waals surface area contributed by atoms with E-state index in [9.17, 15) is 4.79 Å². The number of thioether (sulfide) groups is 1. The van der Waals surface area contributed by atoms with Crippen LogP contribution in [-0.2, 0) is 15.1 Å². The molecule has 0 amide bonds. The van der Waals surface area contributed by atoms with Gasteiger partial charge in [0.05, 0.1) is 17.9 Å². The molecule has 0 atom stereocenters. The van der Waals surface area contributed by atoms with Gasteiger partial charge < -0.3 is 9.84 Å². The van der Waals surface area contributed by atoms with Crippen LogP contribution < -0.4 is 0 Å². The van der Waals surface area contributed by atoms with Crippen LogP contribution in [0.5, 0.6) is 0 Å². The average molecular weight is 295 g/mol. The maximum absolute atomic E-state index is 10.8. The molecule has 2 rings (SSSR count). The zero-order valence-electron chi connectivity index (χ0n) is 11.7. The van der Waals surface area contributed by atoms with Gasteiger partial charge in [0.1, 0.15) is 5.52 Å². The number of carboxylic acids is 1. The van der Waals surface area contributed by atoms with E-state index >= 15 is 0 Å². The van der Waals surface area contributed by atoms with Gasteiger partial charge in [-0.3, -0.25) is 9.36 Å². The van der Waals surface area contributed by atoms with Gasteiger partial charge in [-0.1, -0.05) is 11.8 Å². The van der Waals surface area contributed by atoms with Crippen molar-refractivity contribution in [1.82, 2.24) is 14.5 Å². The first kappa shape index (κ1) is 14.8. The predicted octanol–water partition coefficient (Wildman–Crippen LogP) is 1.99. The number of aliphatic carboxylic acids is 1. The van der Waals surface area contributed by atoms with Crippen LogP contribution in [-0.4, -0.2) is 45.1 Å². The molecule has 2 aromatic heterocycles. The molecule has 108 valence electrons. The van der Waals surface area contributed by atoms with E-state index in [4.69, 9.17) is 9.84 Å². The number of hydrogen-bond donors (Lipinski definition) is 1. The first-order chi connectivity index (χ1) is 9.45. The summed E-state index contributed by atoms with van der Waals surface area (Å²) < 4.78 is 7.20. The largest absolute Gasteiger partial charge is 0.481 e. The highest BCUT2D eigenvalue weighted by Crippen LogP contribution is 2.29. The van der Waals surface area contributed by atoms with Crippen molar-refractivity contribution >= 4 is 28.9 Å². The Balaban J connectivity index is 2.52. The van der Waals surface area contributed by atoms with Gasteiger partial charge >= 0.3 is 5.97 Å². The molecule has 2 aromatic rings. The summed E-state index contributed by atoms with van der Waals surface area (Å²) in [6.45, 7) is 4.50. The standard InChI is InChI=1S/C13H17N3O3S/c1-13(2,8-19-3)16-11-9(5-4-6-14-11)15-12(16)20-7-10(17)18/h4-6H,7-8H2,1-3H3,(H,17,18). The number of carboxylic acid groups (broad SMARTS) is 1. The maximum atomic E-state index is 10.8. The zero-order chi connectivity index (χ0) is 14.8. The van der Waals surface area contributed by atoms with E-state index in [1.54, 1.807) is 13.3 Å². The number of nitrogens with zero attached hydrogens (tertiary/aromatic N) is 3. The second kappa shape index (κ2) is 5.80. The average Bonchev–Trinajstić information content (AvgIpc) is 2.75.